The second kappa shape index (κ2) is 6.67. The molecule has 1 fully saturated rings. The summed E-state index contributed by atoms with van der Waals surface area (Å²) >= 11 is 0. The molecule has 1 unspecified atom stereocenters. The summed E-state index contributed by atoms with van der Waals surface area (Å²) < 4.78 is 18.6. The van der Waals surface area contributed by atoms with Crippen molar-refractivity contribution in [2.75, 3.05) is 44.4 Å². The second-order valence-electron chi connectivity index (χ2n) is 5.13. The van der Waals surface area contributed by atoms with E-state index in [1.54, 1.807) is 7.11 Å². The van der Waals surface area contributed by atoms with Gasteiger partial charge in [0.05, 0.1) is 18.8 Å². The third-order valence-corrected chi connectivity index (χ3v) is 3.40. The number of nitrogens with two attached hydrogens (primary N) is 1. The highest BCUT2D eigenvalue weighted by molar-refractivity contribution is 5.92. The molecule has 110 valence electrons. The zero-order valence-corrected chi connectivity index (χ0v) is 11.6. The van der Waals surface area contributed by atoms with Crippen LogP contribution in [0.25, 0.3) is 0 Å². The van der Waals surface area contributed by atoms with Crippen LogP contribution in [0.1, 0.15) is 6.42 Å². The van der Waals surface area contributed by atoms with E-state index in [1.807, 2.05) is 4.90 Å². The Morgan fingerprint density at radius 1 is 1.60 bits per heavy atom. The number of rotatable bonds is 5. The largest absolute Gasteiger partial charge is 0.399 e. The minimum absolute atomic E-state index is 0.127. The van der Waals surface area contributed by atoms with E-state index in [0.717, 1.165) is 19.5 Å². The molecule has 1 heterocycles. The van der Waals surface area contributed by atoms with Crippen LogP contribution in [0.4, 0.5) is 15.8 Å². The van der Waals surface area contributed by atoms with Gasteiger partial charge in [0, 0.05) is 19.3 Å². The first-order valence-corrected chi connectivity index (χ1v) is 6.64. The zero-order valence-electron chi connectivity index (χ0n) is 11.6. The number of nitrogens with zero attached hydrogens (tertiary/aromatic N) is 1. The van der Waals surface area contributed by atoms with Crippen LogP contribution in [0, 0.1) is 11.7 Å². The van der Waals surface area contributed by atoms with E-state index >= 15 is 0 Å². The van der Waals surface area contributed by atoms with Gasteiger partial charge in [0.15, 0.2) is 0 Å². The molecule has 0 aromatic heterocycles. The van der Waals surface area contributed by atoms with E-state index in [4.69, 9.17) is 10.5 Å². The highest BCUT2D eigenvalue weighted by atomic mass is 19.1. The van der Waals surface area contributed by atoms with Crippen molar-refractivity contribution in [3.8, 4) is 0 Å². The highest BCUT2D eigenvalue weighted by Gasteiger charge is 2.24. The minimum atomic E-state index is -0.480. The summed E-state index contributed by atoms with van der Waals surface area (Å²) in [6.45, 7) is 2.66. The third kappa shape index (κ3) is 3.91. The molecule has 0 spiro atoms. The van der Waals surface area contributed by atoms with Crippen molar-refractivity contribution in [1.29, 1.82) is 0 Å². The first kappa shape index (κ1) is 14.7. The van der Waals surface area contributed by atoms with Crippen molar-refractivity contribution in [3.63, 3.8) is 0 Å². The lowest BCUT2D eigenvalue weighted by Gasteiger charge is -2.15. The average Bonchev–Trinajstić information content (AvgIpc) is 2.81. The number of methoxy groups -OCH3 is 1. The van der Waals surface area contributed by atoms with Gasteiger partial charge in [-0.1, -0.05) is 0 Å². The standard InChI is InChI=1S/C14H20FN3O2/c1-20-9-10-4-5-18(7-10)8-14(19)17-13-6-11(16)2-3-12(13)15/h2-3,6,10H,4-5,7-9,16H2,1H3,(H,17,19). The molecule has 1 aliphatic heterocycles. The predicted molar refractivity (Wildman–Crippen MR) is 75.9 cm³/mol. The Hall–Kier alpha value is -1.66. The molecule has 0 bridgehead atoms. The Kier molecular flexibility index (Phi) is 4.92. The molecule has 1 atom stereocenters. The molecule has 0 aliphatic carbocycles. The summed E-state index contributed by atoms with van der Waals surface area (Å²) in [6, 6.07) is 4.13. The smallest absolute Gasteiger partial charge is 0.238 e. The molecule has 1 aliphatic rings. The van der Waals surface area contributed by atoms with E-state index in [1.165, 1.54) is 18.2 Å². The van der Waals surface area contributed by atoms with E-state index in [0.29, 0.717) is 18.2 Å². The fraction of sp³-hybridized carbons (Fsp3) is 0.500. The molecule has 1 aromatic rings. The Bertz CT molecular complexity index is 481. The first-order valence-electron chi connectivity index (χ1n) is 6.64. The molecular formula is C14H20FN3O2. The van der Waals surface area contributed by atoms with Crippen LogP contribution in [0.5, 0.6) is 0 Å². The second-order valence-corrected chi connectivity index (χ2v) is 5.13. The molecular weight excluding hydrogens is 261 g/mol. The molecule has 0 saturated carbocycles. The monoisotopic (exact) mass is 281 g/mol. The summed E-state index contributed by atoms with van der Waals surface area (Å²) in [7, 11) is 1.68. The minimum Gasteiger partial charge on any atom is -0.399 e. The van der Waals surface area contributed by atoms with Crippen LogP contribution in [0.3, 0.4) is 0 Å². The number of likely N-dealkylation sites (tertiary alicyclic amines) is 1. The molecule has 6 heteroatoms. The van der Waals surface area contributed by atoms with Crippen molar-refractivity contribution in [2.24, 2.45) is 5.92 Å². The average molecular weight is 281 g/mol. The van der Waals surface area contributed by atoms with Gasteiger partial charge in [-0.2, -0.15) is 0 Å². The summed E-state index contributed by atoms with van der Waals surface area (Å²) in [5, 5.41) is 2.56. The van der Waals surface area contributed by atoms with Gasteiger partial charge in [0.1, 0.15) is 5.82 Å². The molecule has 1 saturated heterocycles. The maximum Gasteiger partial charge on any atom is 0.238 e. The Morgan fingerprint density at radius 3 is 3.15 bits per heavy atom. The van der Waals surface area contributed by atoms with Gasteiger partial charge >= 0.3 is 0 Å². The number of amides is 1. The normalized spacial score (nSPS) is 19.2. The van der Waals surface area contributed by atoms with Crippen molar-refractivity contribution >= 4 is 17.3 Å². The maximum atomic E-state index is 13.5. The van der Waals surface area contributed by atoms with Gasteiger partial charge in [-0.25, -0.2) is 4.39 Å². The topological polar surface area (TPSA) is 67.6 Å². The van der Waals surface area contributed by atoms with E-state index in [2.05, 4.69) is 5.32 Å². The number of ether oxygens (including phenoxy) is 1. The number of nitrogen functional groups attached to an aromatic ring is 1. The molecule has 20 heavy (non-hydrogen) atoms. The number of hydrogen-bond acceptors (Lipinski definition) is 4. The van der Waals surface area contributed by atoms with Crippen molar-refractivity contribution in [3.05, 3.63) is 24.0 Å². The van der Waals surface area contributed by atoms with Crippen molar-refractivity contribution in [1.82, 2.24) is 4.90 Å². The Morgan fingerprint density at radius 2 is 2.40 bits per heavy atom. The van der Waals surface area contributed by atoms with E-state index in [9.17, 15) is 9.18 Å². The molecule has 5 nitrogen and oxygen atoms in total. The van der Waals surface area contributed by atoms with Gasteiger partial charge in [-0.15, -0.1) is 0 Å². The number of hydrogen-bond donors (Lipinski definition) is 2. The fourth-order valence-electron chi connectivity index (χ4n) is 2.46. The van der Waals surface area contributed by atoms with Crippen molar-refractivity contribution < 1.29 is 13.9 Å². The Balaban J connectivity index is 1.85. The van der Waals surface area contributed by atoms with Crippen LogP contribution >= 0.6 is 0 Å². The van der Waals surface area contributed by atoms with Gasteiger partial charge in [-0.3, -0.25) is 9.69 Å². The lowest BCUT2D eigenvalue weighted by Crippen LogP contribution is -2.32. The summed E-state index contributed by atoms with van der Waals surface area (Å²) in [5.74, 6) is -0.240. The molecule has 0 radical (unpaired) electrons. The number of anilines is 2. The van der Waals surface area contributed by atoms with Gasteiger partial charge in [-0.05, 0) is 37.1 Å². The predicted octanol–water partition coefficient (Wildman–Crippen LogP) is 1.31. The first-order chi connectivity index (χ1) is 9.58. The number of halogens is 1. The number of nitrogens with one attached hydrogen (secondary N) is 1. The summed E-state index contributed by atoms with van der Waals surface area (Å²) in [6.07, 6.45) is 1.02. The summed E-state index contributed by atoms with van der Waals surface area (Å²) in [4.78, 5) is 13.9. The van der Waals surface area contributed by atoms with Gasteiger partial charge < -0.3 is 15.8 Å². The van der Waals surface area contributed by atoms with Gasteiger partial charge in [0.25, 0.3) is 0 Å². The lowest BCUT2D eigenvalue weighted by atomic mass is 10.1. The molecule has 2 rings (SSSR count). The SMILES string of the molecule is COCC1CCN(CC(=O)Nc2cc(N)ccc2F)C1. The van der Waals surface area contributed by atoms with Crippen molar-refractivity contribution in [2.45, 2.75) is 6.42 Å². The highest BCUT2D eigenvalue weighted by Crippen LogP contribution is 2.19. The quantitative estimate of drug-likeness (QED) is 0.799. The van der Waals surface area contributed by atoms with E-state index in [-0.39, 0.29) is 18.1 Å². The van der Waals surface area contributed by atoms with Crippen LogP contribution in [-0.4, -0.2) is 44.2 Å². The summed E-state index contributed by atoms with van der Waals surface area (Å²) in [5.41, 5.74) is 6.12. The molecule has 3 N–H and O–H groups in total. The van der Waals surface area contributed by atoms with Crippen LogP contribution in [-0.2, 0) is 9.53 Å². The lowest BCUT2D eigenvalue weighted by molar-refractivity contribution is -0.117. The fourth-order valence-corrected chi connectivity index (χ4v) is 2.46. The van der Waals surface area contributed by atoms with E-state index < -0.39 is 5.82 Å². The van der Waals surface area contributed by atoms with Crippen LogP contribution in [0.2, 0.25) is 0 Å². The van der Waals surface area contributed by atoms with Gasteiger partial charge in [0.2, 0.25) is 5.91 Å². The zero-order chi connectivity index (χ0) is 14.5. The molecule has 1 aromatic carbocycles. The Labute approximate surface area is 117 Å². The van der Waals surface area contributed by atoms with Crippen LogP contribution < -0.4 is 11.1 Å². The molecule has 1 amide bonds. The number of carbonyl (C=O) groups excluding carboxylic acids is 1. The maximum absolute atomic E-state index is 13.5. The van der Waals surface area contributed by atoms with Crippen LogP contribution in [0.15, 0.2) is 18.2 Å². The third-order valence-electron chi connectivity index (χ3n) is 3.40. The number of carbonyl (C=O) groups is 1. The number of benzene rings is 1.